The van der Waals surface area contributed by atoms with E-state index in [1.807, 2.05) is 0 Å². The van der Waals surface area contributed by atoms with Gasteiger partial charge in [0.1, 0.15) is 11.3 Å². The number of ether oxygens (including phenoxy) is 1. The monoisotopic (exact) mass is 276 g/mol. The topological polar surface area (TPSA) is 38.5 Å². The zero-order chi connectivity index (χ0) is 13.6. The Kier molecular flexibility index (Phi) is 2.70. The van der Waals surface area contributed by atoms with Crippen molar-refractivity contribution in [1.29, 1.82) is 0 Å². The Labute approximate surface area is 116 Å². The normalized spacial score (nSPS) is 26.8. The Hall–Kier alpha value is -1.62. The first-order valence-electron chi connectivity index (χ1n) is 7.13. The lowest BCUT2D eigenvalue weighted by molar-refractivity contribution is 0.138. The molecule has 2 aliphatic heterocycles. The van der Waals surface area contributed by atoms with E-state index in [0.717, 1.165) is 39.1 Å². The third kappa shape index (κ3) is 1.97. The lowest BCUT2D eigenvalue weighted by Gasteiger charge is -2.38. The van der Waals surface area contributed by atoms with Crippen LogP contribution >= 0.6 is 0 Å². The second kappa shape index (κ2) is 4.45. The molecule has 0 aliphatic carbocycles. The molecule has 1 aromatic carbocycles. The van der Waals surface area contributed by atoms with Crippen molar-refractivity contribution in [2.24, 2.45) is 5.41 Å². The van der Waals surface area contributed by atoms with Gasteiger partial charge in [0.2, 0.25) is 0 Å². The van der Waals surface area contributed by atoms with Crippen LogP contribution in [0.4, 0.5) is 10.4 Å². The maximum absolute atomic E-state index is 13.2. The maximum Gasteiger partial charge on any atom is 0.298 e. The molecule has 4 nitrogen and oxygen atoms in total. The standard InChI is InChI=1S/C15H17FN2O2/c16-11-2-3-13-12(8-11)17-14(20-13)18-6-1-4-15(9-18)5-7-19-10-15/h2-3,8H,1,4-7,9-10H2. The van der Waals surface area contributed by atoms with Gasteiger partial charge in [0.05, 0.1) is 6.61 Å². The number of nitrogens with zero attached hydrogens (tertiary/aromatic N) is 2. The summed E-state index contributed by atoms with van der Waals surface area (Å²) in [5.41, 5.74) is 1.48. The second-order valence-corrected chi connectivity index (χ2v) is 5.94. The molecule has 5 heteroatoms. The lowest BCUT2D eigenvalue weighted by Crippen LogP contribution is -2.43. The Morgan fingerprint density at radius 3 is 3.10 bits per heavy atom. The van der Waals surface area contributed by atoms with Crippen LogP contribution in [-0.4, -0.2) is 31.3 Å². The third-order valence-corrected chi connectivity index (χ3v) is 4.46. The first kappa shape index (κ1) is 12.1. The summed E-state index contributed by atoms with van der Waals surface area (Å²) in [7, 11) is 0. The number of hydrogen-bond donors (Lipinski definition) is 0. The number of oxazole rings is 1. The SMILES string of the molecule is Fc1ccc2oc(N3CCCC4(CCOC4)C3)nc2c1. The molecule has 0 bridgehead atoms. The highest BCUT2D eigenvalue weighted by Crippen LogP contribution is 2.39. The van der Waals surface area contributed by atoms with Crippen LogP contribution in [0.5, 0.6) is 0 Å². The van der Waals surface area contributed by atoms with Gasteiger partial charge >= 0.3 is 0 Å². The molecule has 20 heavy (non-hydrogen) atoms. The largest absolute Gasteiger partial charge is 0.423 e. The molecule has 1 atom stereocenters. The Morgan fingerprint density at radius 1 is 1.30 bits per heavy atom. The number of benzene rings is 1. The van der Waals surface area contributed by atoms with Gasteiger partial charge in [0.25, 0.3) is 6.01 Å². The quantitative estimate of drug-likeness (QED) is 0.802. The minimum atomic E-state index is -0.281. The number of aromatic nitrogens is 1. The third-order valence-electron chi connectivity index (χ3n) is 4.46. The fourth-order valence-corrected chi connectivity index (χ4v) is 3.37. The molecule has 2 saturated heterocycles. The van der Waals surface area contributed by atoms with Gasteiger partial charge in [-0.25, -0.2) is 4.39 Å². The van der Waals surface area contributed by atoms with Crippen LogP contribution in [0.3, 0.4) is 0 Å². The van der Waals surface area contributed by atoms with E-state index in [2.05, 4.69) is 9.88 Å². The van der Waals surface area contributed by atoms with E-state index in [1.54, 1.807) is 6.07 Å². The molecule has 0 radical (unpaired) electrons. The number of fused-ring (bicyclic) bond motifs is 1. The van der Waals surface area contributed by atoms with Crippen molar-refractivity contribution < 1.29 is 13.5 Å². The predicted octanol–water partition coefficient (Wildman–Crippen LogP) is 2.97. The lowest BCUT2D eigenvalue weighted by atomic mass is 9.79. The minimum Gasteiger partial charge on any atom is -0.423 e. The molecule has 0 N–H and O–H groups in total. The van der Waals surface area contributed by atoms with Crippen molar-refractivity contribution in [3.05, 3.63) is 24.0 Å². The highest BCUT2D eigenvalue weighted by atomic mass is 19.1. The number of halogens is 1. The van der Waals surface area contributed by atoms with Gasteiger partial charge in [-0.3, -0.25) is 0 Å². The van der Waals surface area contributed by atoms with Crippen LogP contribution in [0.1, 0.15) is 19.3 Å². The van der Waals surface area contributed by atoms with Gasteiger partial charge in [-0.05, 0) is 31.4 Å². The van der Waals surface area contributed by atoms with Crippen molar-refractivity contribution in [1.82, 2.24) is 4.98 Å². The maximum atomic E-state index is 13.2. The summed E-state index contributed by atoms with van der Waals surface area (Å²) in [6.45, 7) is 3.55. The van der Waals surface area contributed by atoms with Gasteiger partial charge in [-0.15, -0.1) is 0 Å². The molecule has 106 valence electrons. The van der Waals surface area contributed by atoms with E-state index in [9.17, 15) is 4.39 Å². The van der Waals surface area contributed by atoms with Crippen LogP contribution in [-0.2, 0) is 4.74 Å². The molecule has 1 aromatic heterocycles. The second-order valence-electron chi connectivity index (χ2n) is 5.94. The van der Waals surface area contributed by atoms with E-state index in [0.29, 0.717) is 17.1 Å². The molecule has 3 heterocycles. The summed E-state index contributed by atoms with van der Waals surface area (Å²) in [4.78, 5) is 6.61. The summed E-state index contributed by atoms with van der Waals surface area (Å²) in [6.07, 6.45) is 3.44. The number of anilines is 1. The van der Waals surface area contributed by atoms with Gasteiger partial charge in [-0.2, -0.15) is 4.98 Å². The van der Waals surface area contributed by atoms with Crippen LogP contribution in [0.2, 0.25) is 0 Å². The van der Waals surface area contributed by atoms with Gasteiger partial charge in [-0.1, -0.05) is 0 Å². The average Bonchev–Trinajstić information content (AvgIpc) is 3.05. The molecule has 2 aromatic rings. The molecular formula is C15H17FN2O2. The Bertz CT molecular complexity index is 634. The van der Waals surface area contributed by atoms with E-state index in [-0.39, 0.29) is 11.2 Å². The van der Waals surface area contributed by atoms with Gasteiger partial charge < -0.3 is 14.1 Å². The smallest absolute Gasteiger partial charge is 0.298 e. The van der Waals surface area contributed by atoms with Crippen LogP contribution in [0.15, 0.2) is 22.6 Å². The minimum absolute atomic E-state index is 0.254. The Balaban J connectivity index is 1.64. The van der Waals surface area contributed by atoms with Crippen molar-refractivity contribution in [2.45, 2.75) is 19.3 Å². The van der Waals surface area contributed by atoms with E-state index in [4.69, 9.17) is 9.15 Å². The first-order chi connectivity index (χ1) is 9.74. The van der Waals surface area contributed by atoms with E-state index < -0.39 is 0 Å². The summed E-state index contributed by atoms with van der Waals surface area (Å²) >= 11 is 0. The predicted molar refractivity (Wildman–Crippen MR) is 73.3 cm³/mol. The van der Waals surface area contributed by atoms with Crippen LogP contribution < -0.4 is 4.90 Å². The number of hydrogen-bond acceptors (Lipinski definition) is 4. The zero-order valence-corrected chi connectivity index (χ0v) is 11.3. The van der Waals surface area contributed by atoms with E-state index in [1.165, 1.54) is 18.6 Å². The van der Waals surface area contributed by atoms with Gasteiger partial charge in [0.15, 0.2) is 5.58 Å². The molecule has 2 aliphatic rings. The molecular weight excluding hydrogens is 259 g/mol. The summed E-state index contributed by atoms with van der Waals surface area (Å²) in [6, 6.07) is 5.07. The fourth-order valence-electron chi connectivity index (χ4n) is 3.37. The first-order valence-corrected chi connectivity index (χ1v) is 7.13. The zero-order valence-electron chi connectivity index (χ0n) is 11.3. The molecule has 1 unspecified atom stereocenters. The van der Waals surface area contributed by atoms with Crippen molar-refractivity contribution >= 4 is 17.1 Å². The Morgan fingerprint density at radius 2 is 2.25 bits per heavy atom. The number of piperidine rings is 1. The van der Waals surface area contributed by atoms with Crippen molar-refractivity contribution in [2.75, 3.05) is 31.2 Å². The summed E-state index contributed by atoms with van der Waals surface area (Å²) in [5.74, 6) is -0.281. The summed E-state index contributed by atoms with van der Waals surface area (Å²) in [5, 5.41) is 0. The highest BCUT2D eigenvalue weighted by Gasteiger charge is 2.40. The van der Waals surface area contributed by atoms with E-state index >= 15 is 0 Å². The van der Waals surface area contributed by atoms with Crippen molar-refractivity contribution in [3.63, 3.8) is 0 Å². The molecule has 4 rings (SSSR count). The van der Waals surface area contributed by atoms with Crippen LogP contribution in [0.25, 0.3) is 11.1 Å². The molecule has 2 fully saturated rings. The number of rotatable bonds is 1. The van der Waals surface area contributed by atoms with Crippen LogP contribution in [0, 0.1) is 11.2 Å². The van der Waals surface area contributed by atoms with Crippen molar-refractivity contribution in [3.8, 4) is 0 Å². The molecule has 0 saturated carbocycles. The fraction of sp³-hybridized carbons (Fsp3) is 0.533. The molecule has 1 spiro atoms. The molecule has 0 amide bonds. The average molecular weight is 276 g/mol. The summed E-state index contributed by atoms with van der Waals surface area (Å²) < 4.78 is 24.6. The van der Waals surface area contributed by atoms with Gasteiger partial charge in [0, 0.05) is 31.2 Å². The highest BCUT2D eigenvalue weighted by molar-refractivity contribution is 5.74.